The lowest BCUT2D eigenvalue weighted by Crippen LogP contribution is -2.46. The number of nitrogens with one attached hydrogen (secondary N) is 2. The van der Waals surface area contributed by atoms with Gasteiger partial charge in [-0.25, -0.2) is 4.98 Å². The van der Waals surface area contributed by atoms with Gasteiger partial charge in [-0.3, -0.25) is 14.5 Å². The van der Waals surface area contributed by atoms with E-state index in [0.29, 0.717) is 23.5 Å². The van der Waals surface area contributed by atoms with Crippen LogP contribution in [0.3, 0.4) is 0 Å². The van der Waals surface area contributed by atoms with Crippen LogP contribution in [0.15, 0.2) is 36.8 Å². The standard InChI is InChI=1S/C14H15ClN4O2/c1-16-13(6-11-7-17-8-18-11)14(21)19(9-20)12-4-2-3-10(15)5-12/h2-5,7-9,13,16H,6H2,1H3,(H,17,18). The third kappa shape index (κ3) is 3.68. The van der Waals surface area contributed by atoms with Crippen LogP contribution in [-0.4, -0.2) is 35.4 Å². The maximum atomic E-state index is 12.5. The van der Waals surface area contributed by atoms with Crippen LogP contribution in [0.4, 0.5) is 5.69 Å². The van der Waals surface area contributed by atoms with Crippen molar-refractivity contribution >= 4 is 29.6 Å². The van der Waals surface area contributed by atoms with Gasteiger partial charge in [0.05, 0.1) is 18.1 Å². The van der Waals surface area contributed by atoms with Crippen LogP contribution in [0.1, 0.15) is 5.69 Å². The summed E-state index contributed by atoms with van der Waals surface area (Å²) in [6.45, 7) is 0. The maximum Gasteiger partial charge on any atom is 0.251 e. The Morgan fingerprint density at radius 2 is 2.38 bits per heavy atom. The van der Waals surface area contributed by atoms with Crippen LogP contribution in [-0.2, 0) is 16.0 Å². The predicted octanol–water partition coefficient (Wildman–Crippen LogP) is 1.38. The number of carbonyl (C=O) groups is 2. The average Bonchev–Trinajstić information content (AvgIpc) is 2.98. The molecule has 0 aliphatic rings. The fraction of sp³-hybridized carbons (Fsp3) is 0.214. The summed E-state index contributed by atoms with van der Waals surface area (Å²) in [5, 5.41) is 3.37. The summed E-state index contributed by atoms with van der Waals surface area (Å²) in [6, 6.07) is 6.04. The molecule has 21 heavy (non-hydrogen) atoms. The monoisotopic (exact) mass is 306 g/mol. The first-order valence-corrected chi connectivity index (χ1v) is 6.72. The van der Waals surface area contributed by atoms with Gasteiger partial charge in [0.1, 0.15) is 0 Å². The van der Waals surface area contributed by atoms with E-state index in [4.69, 9.17) is 11.6 Å². The smallest absolute Gasteiger partial charge is 0.251 e. The summed E-state index contributed by atoms with van der Waals surface area (Å²) in [7, 11) is 1.67. The Kier molecular flexibility index (Phi) is 5.08. The third-order valence-electron chi connectivity index (χ3n) is 3.05. The van der Waals surface area contributed by atoms with Crippen molar-refractivity contribution in [3.63, 3.8) is 0 Å². The zero-order valence-corrected chi connectivity index (χ0v) is 12.2. The largest absolute Gasteiger partial charge is 0.348 e. The average molecular weight is 307 g/mol. The number of imide groups is 1. The van der Waals surface area contributed by atoms with Gasteiger partial charge < -0.3 is 10.3 Å². The lowest BCUT2D eigenvalue weighted by atomic mass is 10.1. The molecule has 0 saturated carbocycles. The SMILES string of the molecule is CNC(Cc1cnc[nH]1)C(=O)N(C=O)c1cccc(Cl)c1. The molecule has 0 radical (unpaired) electrons. The molecule has 2 rings (SSSR count). The Balaban J connectivity index is 2.19. The van der Waals surface area contributed by atoms with E-state index in [1.54, 1.807) is 43.8 Å². The lowest BCUT2D eigenvalue weighted by Gasteiger charge is -2.22. The molecule has 1 heterocycles. The normalized spacial score (nSPS) is 11.9. The maximum absolute atomic E-state index is 12.5. The molecule has 0 fully saturated rings. The molecule has 0 aliphatic heterocycles. The zero-order chi connectivity index (χ0) is 15.2. The highest BCUT2D eigenvalue weighted by Gasteiger charge is 2.24. The minimum Gasteiger partial charge on any atom is -0.348 e. The highest BCUT2D eigenvalue weighted by molar-refractivity contribution is 6.31. The van der Waals surface area contributed by atoms with E-state index in [0.717, 1.165) is 10.6 Å². The molecule has 0 bridgehead atoms. The lowest BCUT2D eigenvalue weighted by molar-refractivity contribution is -0.123. The van der Waals surface area contributed by atoms with E-state index in [-0.39, 0.29) is 5.91 Å². The number of hydrogen-bond acceptors (Lipinski definition) is 4. The molecule has 0 saturated heterocycles. The predicted molar refractivity (Wildman–Crippen MR) is 80.1 cm³/mol. The number of hydrogen-bond donors (Lipinski definition) is 2. The highest BCUT2D eigenvalue weighted by atomic mass is 35.5. The summed E-state index contributed by atoms with van der Waals surface area (Å²) in [6.07, 6.45) is 4.08. The number of amides is 2. The summed E-state index contributed by atoms with van der Waals surface area (Å²) in [5.41, 5.74) is 1.24. The van der Waals surface area contributed by atoms with Crippen LogP contribution in [0.25, 0.3) is 0 Å². The fourth-order valence-corrected chi connectivity index (χ4v) is 2.15. The van der Waals surface area contributed by atoms with Gasteiger partial charge in [0.15, 0.2) is 0 Å². The number of imidazole rings is 1. The third-order valence-corrected chi connectivity index (χ3v) is 3.29. The number of likely N-dealkylation sites (N-methyl/N-ethyl adjacent to an activating group) is 1. The van der Waals surface area contributed by atoms with Gasteiger partial charge in [0.2, 0.25) is 6.41 Å². The van der Waals surface area contributed by atoms with Gasteiger partial charge in [-0.15, -0.1) is 0 Å². The fourth-order valence-electron chi connectivity index (χ4n) is 1.96. The Morgan fingerprint density at radius 3 is 2.95 bits per heavy atom. The van der Waals surface area contributed by atoms with Crippen molar-refractivity contribution in [2.24, 2.45) is 0 Å². The van der Waals surface area contributed by atoms with Gasteiger partial charge in [-0.05, 0) is 25.2 Å². The molecule has 110 valence electrons. The van der Waals surface area contributed by atoms with E-state index in [1.807, 2.05) is 0 Å². The molecule has 2 aromatic rings. The zero-order valence-electron chi connectivity index (χ0n) is 11.4. The molecule has 0 aliphatic carbocycles. The second-order valence-electron chi connectivity index (χ2n) is 4.42. The quantitative estimate of drug-likeness (QED) is 0.790. The summed E-state index contributed by atoms with van der Waals surface area (Å²) < 4.78 is 0. The molecule has 6 nitrogen and oxygen atoms in total. The Bertz CT molecular complexity index is 615. The summed E-state index contributed by atoms with van der Waals surface area (Å²) >= 11 is 5.90. The molecule has 7 heteroatoms. The number of aromatic nitrogens is 2. The molecule has 1 atom stereocenters. The first kappa shape index (κ1) is 15.2. The molecule has 1 unspecified atom stereocenters. The molecular formula is C14H15ClN4O2. The molecule has 1 aromatic carbocycles. The van der Waals surface area contributed by atoms with Crippen LogP contribution < -0.4 is 10.2 Å². The van der Waals surface area contributed by atoms with Crippen molar-refractivity contribution in [1.29, 1.82) is 0 Å². The molecule has 1 aromatic heterocycles. The first-order valence-electron chi connectivity index (χ1n) is 6.34. The van der Waals surface area contributed by atoms with Crippen molar-refractivity contribution in [2.75, 3.05) is 11.9 Å². The van der Waals surface area contributed by atoms with Crippen LogP contribution in [0.2, 0.25) is 5.02 Å². The molecule has 2 N–H and O–H groups in total. The number of anilines is 1. The van der Waals surface area contributed by atoms with Gasteiger partial charge in [0, 0.05) is 23.3 Å². The van der Waals surface area contributed by atoms with Crippen molar-refractivity contribution in [1.82, 2.24) is 15.3 Å². The van der Waals surface area contributed by atoms with Gasteiger partial charge in [-0.2, -0.15) is 0 Å². The Morgan fingerprint density at radius 1 is 1.57 bits per heavy atom. The van der Waals surface area contributed by atoms with E-state index >= 15 is 0 Å². The number of H-pyrrole nitrogens is 1. The van der Waals surface area contributed by atoms with Gasteiger partial charge in [-0.1, -0.05) is 17.7 Å². The van der Waals surface area contributed by atoms with Crippen LogP contribution in [0.5, 0.6) is 0 Å². The molecule has 2 amide bonds. The minimum atomic E-state index is -0.547. The van der Waals surface area contributed by atoms with Crippen LogP contribution >= 0.6 is 11.6 Å². The second-order valence-corrected chi connectivity index (χ2v) is 4.85. The summed E-state index contributed by atoms with van der Waals surface area (Å²) in [4.78, 5) is 31.7. The minimum absolute atomic E-state index is 0.357. The van der Waals surface area contributed by atoms with Gasteiger partial charge >= 0.3 is 0 Å². The Hall–Kier alpha value is -2.18. The number of benzene rings is 1. The van der Waals surface area contributed by atoms with Gasteiger partial charge in [0.25, 0.3) is 5.91 Å². The highest BCUT2D eigenvalue weighted by Crippen LogP contribution is 2.19. The Labute approximate surface area is 127 Å². The summed E-state index contributed by atoms with van der Waals surface area (Å²) in [5.74, 6) is -0.357. The molecular weight excluding hydrogens is 292 g/mol. The van der Waals surface area contributed by atoms with E-state index < -0.39 is 6.04 Å². The number of nitrogens with zero attached hydrogens (tertiary/aromatic N) is 2. The van der Waals surface area contributed by atoms with Crippen LogP contribution in [0, 0.1) is 0 Å². The number of halogens is 1. The van der Waals surface area contributed by atoms with Crippen molar-refractivity contribution in [3.8, 4) is 0 Å². The van der Waals surface area contributed by atoms with Crippen molar-refractivity contribution < 1.29 is 9.59 Å². The molecule has 0 spiro atoms. The topological polar surface area (TPSA) is 78.1 Å². The van der Waals surface area contributed by atoms with E-state index in [2.05, 4.69) is 15.3 Å². The van der Waals surface area contributed by atoms with Crippen molar-refractivity contribution in [2.45, 2.75) is 12.5 Å². The first-order chi connectivity index (χ1) is 10.2. The van der Waals surface area contributed by atoms with Crippen molar-refractivity contribution in [3.05, 3.63) is 47.5 Å². The number of aromatic amines is 1. The van der Waals surface area contributed by atoms with E-state index in [9.17, 15) is 9.59 Å². The number of carbonyl (C=O) groups excluding carboxylic acids is 2. The second kappa shape index (κ2) is 7.01. The number of rotatable bonds is 6. The van der Waals surface area contributed by atoms with E-state index in [1.165, 1.54) is 0 Å².